The van der Waals surface area contributed by atoms with Crippen molar-refractivity contribution in [1.82, 2.24) is 0 Å². The molecule has 0 aliphatic carbocycles. The van der Waals surface area contributed by atoms with Gasteiger partial charge in [-0.2, -0.15) is 0 Å². The molecule has 0 saturated heterocycles. The van der Waals surface area contributed by atoms with E-state index in [0.29, 0.717) is 16.9 Å². The molecule has 7 nitrogen and oxygen atoms in total. The minimum atomic E-state index is -0.421. The molecular formula is C21H24N2O5. The van der Waals surface area contributed by atoms with Gasteiger partial charge in [-0.15, -0.1) is 0 Å². The van der Waals surface area contributed by atoms with Gasteiger partial charge in [0, 0.05) is 11.4 Å². The van der Waals surface area contributed by atoms with Gasteiger partial charge in [0.2, 0.25) is 11.8 Å². The van der Waals surface area contributed by atoms with Gasteiger partial charge in [0.1, 0.15) is 13.2 Å². The molecule has 0 aliphatic heterocycles. The third kappa shape index (κ3) is 7.20. The average molecular weight is 384 g/mol. The number of carbonyl (C=O) groups is 3. The van der Waals surface area contributed by atoms with E-state index in [9.17, 15) is 14.4 Å². The smallest absolute Gasteiger partial charge is 0.338 e. The zero-order chi connectivity index (χ0) is 20.5. The Morgan fingerprint density at radius 3 is 2.07 bits per heavy atom. The first-order valence-corrected chi connectivity index (χ1v) is 8.88. The van der Waals surface area contributed by atoms with Crippen LogP contribution >= 0.6 is 0 Å². The molecule has 0 aliphatic rings. The summed E-state index contributed by atoms with van der Waals surface area (Å²) in [6, 6.07) is 13.7. The molecule has 0 spiro atoms. The van der Waals surface area contributed by atoms with Crippen molar-refractivity contribution in [1.29, 1.82) is 0 Å². The van der Waals surface area contributed by atoms with E-state index >= 15 is 0 Å². The van der Waals surface area contributed by atoms with Crippen LogP contribution in [-0.4, -0.2) is 37.1 Å². The van der Waals surface area contributed by atoms with E-state index < -0.39 is 11.9 Å². The van der Waals surface area contributed by atoms with Crippen LogP contribution in [-0.2, 0) is 19.1 Å². The van der Waals surface area contributed by atoms with Gasteiger partial charge >= 0.3 is 5.97 Å². The number of esters is 1. The van der Waals surface area contributed by atoms with Crippen molar-refractivity contribution in [3.8, 4) is 0 Å². The fourth-order valence-electron chi connectivity index (χ4n) is 2.33. The Bertz CT molecular complexity index is 831. The highest BCUT2D eigenvalue weighted by atomic mass is 16.5. The normalized spacial score (nSPS) is 10.4. The van der Waals surface area contributed by atoms with Crippen molar-refractivity contribution < 1.29 is 23.9 Å². The Labute approximate surface area is 164 Å². The maximum atomic E-state index is 11.9. The van der Waals surface area contributed by atoms with E-state index in [1.165, 1.54) is 0 Å². The first-order valence-electron chi connectivity index (χ1n) is 8.88. The van der Waals surface area contributed by atoms with Gasteiger partial charge in [0.15, 0.2) is 0 Å². The highest BCUT2D eigenvalue weighted by Crippen LogP contribution is 2.12. The lowest BCUT2D eigenvalue weighted by molar-refractivity contribution is -0.125. The number of amides is 2. The van der Waals surface area contributed by atoms with Crippen LogP contribution in [0.25, 0.3) is 0 Å². The number of ether oxygens (including phenoxy) is 2. The number of aryl methyl sites for hydroxylation is 1. The number of carbonyl (C=O) groups excluding carboxylic acids is 3. The molecule has 7 heteroatoms. The number of nitrogens with one attached hydrogen (secondary N) is 2. The second-order valence-electron chi connectivity index (χ2n) is 6.49. The molecule has 0 radical (unpaired) electrons. The summed E-state index contributed by atoms with van der Waals surface area (Å²) in [5.74, 6) is -1.16. The van der Waals surface area contributed by atoms with Crippen LogP contribution in [0.3, 0.4) is 0 Å². The predicted molar refractivity (Wildman–Crippen MR) is 106 cm³/mol. The summed E-state index contributed by atoms with van der Waals surface area (Å²) in [6.45, 7) is 4.97. The largest absolute Gasteiger partial charge is 0.459 e. The fourth-order valence-corrected chi connectivity index (χ4v) is 2.33. The van der Waals surface area contributed by atoms with Crippen molar-refractivity contribution >= 4 is 29.2 Å². The summed E-state index contributed by atoms with van der Waals surface area (Å²) in [7, 11) is 0. The van der Waals surface area contributed by atoms with Gasteiger partial charge in [0.25, 0.3) is 0 Å². The monoisotopic (exact) mass is 384 g/mol. The molecule has 2 amide bonds. The van der Waals surface area contributed by atoms with Crippen molar-refractivity contribution in [2.24, 2.45) is 0 Å². The molecule has 0 heterocycles. The summed E-state index contributed by atoms with van der Waals surface area (Å²) >= 11 is 0. The van der Waals surface area contributed by atoms with Crippen LogP contribution < -0.4 is 10.6 Å². The summed E-state index contributed by atoms with van der Waals surface area (Å²) < 4.78 is 10.2. The van der Waals surface area contributed by atoms with E-state index in [0.717, 1.165) is 5.56 Å². The molecule has 2 aromatic carbocycles. The van der Waals surface area contributed by atoms with Crippen molar-refractivity contribution in [3.63, 3.8) is 0 Å². The average Bonchev–Trinajstić information content (AvgIpc) is 2.61. The van der Waals surface area contributed by atoms with Crippen molar-refractivity contribution in [3.05, 3.63) is 59.7 Å². The molecule has 148 valence electrons. The van der Waals surface area contributed by atoms with Crippen LogP contribution in [0.4, 0.5) is 11.4 Å². The van der Waals surface area contributed by atoms with Crippen molar-refractivity contribution in [2.45, 2.75) is 26.9 Å². The maximum Gasteiger partial charge on any atom is 0.338 e. The second kappa shape index (κ2) is 10.2. The first-order chi connectivity index (χ1) is 13.3. The standard InChI is InChI=1S/C21H24N2O5/c1-14(2)28-21(26)16-7-9-17(10-8-16)22-19(24)12-27-13-20(25)23-18-6-4-5-15(3)11-18/h4-11,14H,12-13H2,1-3H3,(H,22,24)(H,23,25). The van der Waals surface area contributed by atoms with E-state index in [2.05, 4.69) is 10.6 Å². The zero-order valence-electron chi connectivity index (χ0n) is 16.2. The zero-order valence-corrected chi connectivity index (χ0v) is 16.2. The van der Waals surface area contributed by atoms with E-state index in [1.807, 2.05) is 25.1 Å². The minimum absolute atomic E-state index is 0.202. The molecule has 28 heavy (non-hydrogen) atoms. The number of hydrogen-bond donors (Lipinski definition) is 2. The van der Waals surface area contributed by atoms with Gasteiger partial charge in [-0.3, -0.25) is 9.59 Å². The summed E-state index contributed by atoms with van der Waals surface area (Å²) in [6.07, 6.45) is -0.202. The fraction of sp³-hybridized carbons (Fsp3) is 0.286. The molecule has 2 aromatic rings. The molecule has 2 N–H and O–H groups in total. The van der Waals surface area contributed by atoms with Crippen LogP contribution in [0.1, 0.15) is 29.8 Å². The molecule has 0 aromatic heterocycles. The Kier molecular flexibility index (Phi) is 7.71. The van der Waals surface area contributed by atoms with Crippen molar-refractivity contribution in [2.75, 3.05) is 23.8 Å². The SMILES string of the molecule is Cc1cccc(NC(=O)COCC(=O)Nc2ccc(C(=O)OC(C)C)cc2)c1. The number of benzene rings is 2. The Morgan fingerprint density at radius 1 is 0.893 bits per heavy atom. The molecule has 2 rings (SSSR count). The van der Waals surface area contributed by atoms with Gasteiger partial charge < -0.3 is 20.1 Å². The van der Waals surface area contributed by atoms with Gasteiger partial charge in [0.05, 0.1) is 11.7 Å². The molecule has 0 fully saturated rings. The lowest BCUT2D eigenvalue weighted by atomic mass is 10.2. The van der Waals surface area contributed by atoms with Gasteiger partial charge in [-0.25, -0.2) is 4.79 Å². The van der Waals surface area contributed by atoms with E-state index in [1.54, 1.807) is 44.2 Å². The molecular weight excluding hydrogens is 360 g/mol. The van der Waals surface area contributed by atoms with E-state index in [4.69, 9.17) is 9.47 Å². The van der Waals surface area contributed by atoms with E-state index in [-0.39, 0.29) is 25.2 Å². The minimum Gasteiger partial charge on any atom is -0.459 e. The lowest BCUT2D eigenvalue weighted by Crippen LogP contribution is -2.24. The first kappa shape index (κ1) is 21.1. The summed E-state index contributed by atoms with van der Waals surface area (Å²) in [5, 5.41) is 5.33. The predicted octanol–water partition coefficient (Wildman–Crippen LogP) is 3.15. The van der Waals surface area contributed by atoms with Crippen LogP contribution in [0.5, 0.6) is 0 Å². The molecule has 0 saturated carbocycles. The number of anilines is 2. The summed E-state index contributed by atoms with van der Waals surface area (Å²) in [5.41, 5.74) is 2.62. The van der Waals surface area contributed by atoms with Crippen LogP contribution in [0.2, 0.25) is 0 Å². The lowest BCUT2D eigenvalue weighted by Gasteiger charge is -2.09. The maximum absolute atomic E-state index is 11.9. The Hall–Kier alpha value is -3.19. The van der Waals surface area contributed by atoms with Gasteiger partial charge in [-0.05, 0) is 62.7 Å². The van der Waals surface area contributed by atoms with Crippen LogP contribution in [0, 0.1) is 6.92 Å². The molecule has 0 atom stereocenters. The quantitative estimate of drug-likeness (QED) is 0.682. The topological polar surface area (TPSA) is 93.7 Å². The molecule has 0 unspecified atom stereocenters. The molecule has 0 bridgehead atoms. The highest BCUT2D eigenvalue weighted by molar-refractivity contribution is 5.94. The van der Waals surface area contributed by atoms with Gasteiger partial charge in [-0.1, -0.05) is 12.1 Å². The Morgan fingerprint density at radius 2 is 1.50 bits per heavy atom. The van der Waals surface area contributed by atoms with Crippen LogP contribution in [0.15, 0.2) is 48.5 Å². The third-order valence-corrected chi connectivity index (χ3v) is 3.52. The number of hydrogen-bond acceptors (Lipinski definition) is 5. The third-order valence-electron chi connectivity index (χ3n) is 3.52. The summed E-state index contributed by atoms with van der Waals surface area (Å²) in [4.78, 5) is 35.5. The second-order valence-corrected chi connectivity index (χ2v) is 6.49. The number of rotatable bonds is 8. The Balaban J connectivity index is 1.73. The highest BCUT2D eigenvalue weighted by Gasteiger charge is 2.10.